The molecular weight excluding hydrogens is 320 g/mol. The fraction of sp³-hybridized carbons (Fsp3) is 0.400. The Kier molecular flexibility index (Phi) is 4.69. The average Bonchev–Trinajstić information content (AvgIpc) is 3.26. The second-order valence-electron chi connectivity index (χ2n) is 5.40. The van der Waals surface area contributed by atoms with Gasteiger partial charge in [-0.05, 0) is 30.5 Å². The lowest BCUT2D eigenvalue weighted by Crippen LogP contribution is -2.15. The molecule has 0 atom stereocenters. The minimum atomic E-state index is -0.302. The zero-order valence-electron chi connectivity index (χ0n) is 12.0. The fourth-order valence-electron chi connectivity index (χ4n) is 2.21. The third-order valence-electron chi connectivity index (χ3n) is 3.55. The first-order valence-electron chi connectivity index (χ1n) is 7.22. The van der Waals surface area contributed by atoms with Gasteiger partial charge in [-0.15, -0.1) is 10.2 Å². The maximum absolute atomic E-state index is 11.1. The number of hydrogen-bond donors (Lipinski definition) is 1. The van der Waals surface area contributed by atoms with Crippen LogP contribution < -0.4 is 5.73 Å². The van der Waals surface area contributed by atoms with Crippen LogP contribution in [0.4, 0.5) is 0 Å². The third kappa shape index (κ3) is 3.81. The second kappa shape index (κ2) is 6.71. The standard InChI is InChI=1S/C15H17ClN4OS/c16-12-5-1-10(2-6-12)9-22-15-19-18-14(11-3-4-11)20(15)8-7-13(17)21/h1-2,5-6,11H,3-4,7-9H2,(H2,17,21). The van der Waals surface area contributed by atoms with Crippen LogP contribution in [0, 0.1) is 0 Å². The Hall–Kier alpha value is -1.53. The van der Waals surface area contributed by atoms with E-state index < -0.39 is 0 Å². The molecule has 3 rings (SSSR count). The van der Waals surface area contributed by atoms with E-state index in [1.54, 1.807) is 11.8 Å². The van der Waals surface area contributed by atoms with E-state index >= 15 is 0 Å². The zero-order valence-corrected chi connectivity index (χ0v) is 13.6. The number of carbonyl (C=O) groups excluding carboxylic acids is 1. The maximum Gasteiger partial charge on any atom is 0.219 e. The summed E-state index contributed by atoms with van der Waals surface area (Å²) in [5, 5.41) is 10.2. The number of rotatable bonds is 7. The van der Waals surface area contributed by atoms with Crippen LogP contribution in [0.2, 0.25) is 5.02 Å². The first-order chi connectivity index (χ1) is 10.6. The minimum absolute atomic E-state index is 0.302. The summed E-state index contributed by atoms with van der Waals surface area (Å²) >= 11 is 7.51. The molecule has 0 radical (unpaired) electrons. The molecule has 0 spiro atoms. The van der Waals surface area contributed by atoms with Crippen LogP contribution in [0.1, 0.15) is 36.6 Å². The Labute approximate surface area is 138 Å². The molecule has 1 aliphatic carbocycles. The molecule has 1 heterocycles. The quantitative estimate of drug-likeness (QED) is 0.789. The van der Waals surface area contributed by atoms with Crippen LogP contribution >= 0.6 is 23.4 Å². The van der Waals surface area contributed by atoms with Gasteiger partial charge in [0.1, 0.15) is 5.82 Å². The molecule has 1 aromatic heterocycles. The molecule has 0 unspecified atom stereocenters. The van der Waals surface area contributed by atoms with Crippen molar-refractivity contribution in [3.63, 3.8) is 0 Å². The number of carbonyl (C=O) groups is 1. The van der Waals surface area contributed by atoms with Crippen LogP contribution in [0.5, 0.6) is 0 Å². The maximum atomic E-state index is 11.1. The number of nitrogens with zero attached hydrogens (tertiary/aromatic N) is 3. The van der Waals surface area contributed by atoms with Gasteiger partial charge in [0.2, 0.25) is 5.91 Å². The van der Waals surface area contributed by atoms with Gasteiger partial charge >= 0.3 is 0 Å². The Morgan fingerprint density at radius 2 is 2.05 bits per heavy atom. The van der Waals surface area contributed by atoms with Gasteiger partial charge in [-0.1, -0.05) is 35.5 Å². The molecule has 2 N–H and O–H groups in total. The molecule has 1 saturated carbocycles. The Bertz CT molecular complexity index is 667. The monoisotopic (exact) mass is 336 g/mol. The molecule has 0 saturated heterocycles. The second-order valence-corrected chi connectivity index (χ2v) is 6.78. The summed E-state index contributed by atoms with van der Waals surface area (Å²) in [5.41, 5.74) is 6.44. The highest BCUT2D eigenvalue weighted by Gasteiger charge is 2.30. The topological polar surface area (TPSA) is 73.8 Å². The van der Waals surface area contributed by atoms with Crippen molar-refractivity contribution in [1.29, 1.82) is 0 Å². The van der Waals surface area contributed by atoms with Gasteiger partial charge < -0.3 is 10.3 Å². The summed E-state index contributed by atoms with van der Waals surface area (Å²) in [6.07, 6.45) is 2.61. The zero-order chi connectivity index (χ0) is 15.5. The van der Waals surface area contributed by atoms with Crippen LogP contribution in [0.15, 0.2) is 29.4 Å². The van der Waals surface area contributed by atoms with Crippen LogP contribution in [0.25, 0.3) is 0 Å². The number of aromatic nitrogens is 3. The highest BCUT2D eigenvalue weighted by molar-refractivity contribution is 7.98. The van der Waals surface area contributed by atoms with Crippen LogP contribution in [0.3, 0.4) is 0 Å². The van der Waals surface area contributed by atoms with Gasteiger partial charge in [-0.2, -0.15) is 0 Å². The van der Waals surface area contributed by atoms with Crippen LogP contribution in [-0.2, 0) is 17.1 Å². The van der Waals surface area contributed by atoms with E-state index in [2.05, 4.69) is 10.2 Å². The largest absolute Gasteiger partial charge is 0.370 e. The van der Waals surface area contributed by atoms with Gasteiger partial charge in [0.05, 0.1) is 0 Å². The molecule has 7 heteroatoms. The highest BCUT2D eigenvalue weighted by atomic mass is 35.5. The molecule has 0 aliphatic heterocycles. The SMILES string of the molecule is NC(=O)CCn1c(SCc2ccc(Cl)cc2)nnc1C1CC1. The number of primary amides is 1. The molecule has 116 valence electrons. The molecule has 1 fully saturated rings. The molecular formula is C15H17ClN4OS. The van der Waals surface area contributed by atoms with E-state index in [1.807, 2.05) is 28.8 Å². The number of benzene rings is 1. The number of amides is 1. The first-order valence-corrected chi connectivity index (χ1v) is 8.58. The minimum Gasteiger partial charge on any atom is -0.370 e. The van der Waals surface area contributed by atoms with Gasteiger partial charge in [0.25, 0.3) is 0 Å². The average molecular weight is 337 g/mol. The number of thioether (sulfide) groups is 1. The highest BCUT2D eigenvalue weighted by Crippen LogP contribution is 2.40. The third-order valence-corrected chi connectivity index (χ3v) is 4.84. The van der Waals surface area contributed by atoms with Crippen molar-refractivity contribution in [1.82, 2.24) is 14.8 Å². The Balaban J connectivity index is 1.71. The summed E-state index contributed by atoms with van der Waals surface area (Å²) in [6.45, 7) is 0.553. The summed E-state index contributed by atoms with van der Waals surface area (Å²) in [6, 6.07) is 7.76. The molecule has 0 bridgehead atoms. The van der Waals surface area contributed by atoms with E-state index in [4.69, 9.17) is 17.3 Å². The molecule has 5 nitrogen and oxygen atoms in total. The predicted octanol–water partition coefficient (Wildman–Crippen LogP) is 2.98. The van der Waals surface area contributed by atoms with Crippen molar-refractivity contribution in [3.05, 3.63) is 40.7 Å². The Morgan fingerprint density at radius 3 is 2.68 bits per heavy atom. The van der Waals surface area contributed by atoms with Crippen molar-refractivity contribution in [3.8, 4) is 0 Å². The first kappa shape index (κ1) is 15.4. The van der Waals surface area contributed by atoms with Crippen molar-refractivity contribution in [2.45, 2.75) is 42.6 Å². The number of hydrogen-bond acceptors (Lipinski definition) is 4. The lowest BCUT2D eigenvalue weighted by molar-refractivity contribution is -0.118. The summed E-state index contributed by atoms with van der Waals surface area (Å²) in [4.78, 5) is 11.1. The molecule has 1 aromatic carbocycles. The van der Waals surface area contributed by atoms with E-state index in [-0.39, 0.29) is 5.91 Å². The van der Waals surface area contributed by atoms with E-state index in [0.717, 1.165) is 34.6 Å². The van der Waals surface area contributed by atoms with Gasteiger partial charge in [0, 0.05) is 29.7 Å². The van der Waals surface area contributed by atoms with Crippen molar-refractivity contribution < 1.29 is 4.79 Å². The fourth-order valence-corrected chi connectivity index (χ4v) is 3.26. The Morgan fingerprint density at radius 1 is 1.32 bits per heavy atom. The molecule has 1 aliphatic rings. The van der Waals surface area contributed by atoms with Gasteiger partial charge in [-0.25, -0.2) is 0 Å². The molecule has 2 aromatic rings. The molecule has 22 heavy (non-hydrogen) atoms. The van der Waals surface area contributed by atoms with E-state index in [9.17, 15) is 4.79 Å². The lowest BCUT2D eigenvalue weighted by Gasteiger charge is -2.08. The van der Waals surface area contributed by atoms with Gasteiger partial charge in [-0.3, -0.25) is 4.79 Å². The number of nitrogens with two attached hydrogens (primary N) is 1. The number of halogens is 1. The predicted molar refractivity (Wildman–Crippen MR) is 86.8 cm³/mol. The van der Waals surface area contributed by atoms with Crippen LogP contribution in [-0.4, -0.2) is 20.7 Å². The summed E-state index contributed by atoms with van der Waals surface area (Å²) in [5.74, 6) is 1.96. The van der Waals surface area contributed by atoms with Gasteiger partial charge in [0.15, 0.2) is 5.16 Å². The molecule has 1 amide bonds. The smallest absolute Gasteiger partial charge is 0.219 e. The summed E-state index contributed by atoms with van der Waals surface area (Å²) < 4.78 is 2.04. The van der Waals surface area contributed by atoms with E-state index in [0.29, 0.717) is 18.9 Å². The van der Waals surface area contributed by atoms with Crippen molar-refractivity contribution in [2.75, 3.05) is 0 Å². The lowest BCUT2D eigenvalue weighted by atomic mass is 10.2. The van der Waals surface area contributed by atoms with Crippen molar-refractivity contribution >= 4 is 29.3 Å². The normalized spacial score (nSPS) is 14.2. The van der Waals surface area contributed by atoms with Crippen molar-refractivity contribution in [2.24, 2.45) is 5.73 Å². The van der Waals surface area contributed by atoms with E-state index in [1.165, 1.54) is 5.56 Å². The summed E-state index contributed by atoms with van der Waals surface area (Å²) in [7, 11) is 0.